The molecule has 4 aromatic carbocycles. The van der Waals surface area contributed by atoms with Crippen LogP contribution in [-0.4, -0.2) is 15.9 Å². The normalized spacial score (nSPS) is 12.4. The van der Waals surface area contributed by atoms with Gasteiger partial charge in [0.2, 0.25) is 0 Å². The molecule has 0 aliphatic carbocycles. The van der Waals surface area contributed by atoms with E-state index in [2.05, 4.69) is 51.8 Å². The van der Waals surface area contributed by atoms with E-state index in [4.69, 9.17) is 14.8 Å². The molecule has 5 nitrogen and oxygen atoms in total. The highest BCUT2D eigenvalue weighted by molar-refractivity contribution is 9.10. The van der Waals surface area contributed by atoms with Crippen molar-refractivity contribution in [1.29, 1.82) is 0 Å². The van der Waals surface area contributed by atoms with Crippen LogP contribution in [0.3, 0.4) is 0 Å². The molecule has 0 spiro atoms. The zero-order valence-electron chi connectivity index (χ0n) is 20.5. The molecule has 1 aromatic heterocycles. The summed E-state index contributed by atoms with van der Waals surface area (Å²) in [5, 5.41) is 7.29. The van der Waals surface area contributed by atoms with Crippen molar-refractivity contribution in [1.82, 2.24) is 9.66 Å². The molecule has 0 unspecified atom stereocenters. The Morgan fingerprint density at radius 1 is 0.973 bits per heavy atom. The molecular weight excluding hydrogens is 594 g/mol. The predicted molar refractivity (Wildman–Crippen MR) is 158 cm³/mol. The molecule has 5 rings (SSSR count). The highest BCUT2D eigenvalue weighted by atomic mass is 79.9. The summed E-state index contributed by atoms with van der Waals surface area (Å²) in [5.74, 6) is 1.38. The van der Waals surface area contributed by atoms with Crippen molar-refractivity contribution in [2.24, 2.45) is 5.10 Å². The van der Waals surface area contributed by atoms with E-state index in [9.17, 15) is 4.79 Å². The zero-order valence-corrected chi connectivity index (χ0v) is 23.7. The Morgan fingerprint density at radius 3 is 2.51 bits per heavy atom. The van der Waals surface area contributed by atoms with Crippen LogP contribution < -0.4 is 10.3 Å². The van der Waals surface area contributed by atoms with Gasteiger partial charge in [-0.25, -0.2) is 4.98 Å². The van der Waals surface area contributed by atoms with Crippen LogP contribution in [0.25, 0.3) is 21.7 Å². The van der Waals surface area contributed by atoms with Crippen molar-refractivity contribution in [3.8, 4) is 5.75 Å². The second-order valence-corrected chi connectivity index (χ2v) is 10.7. The summed E-state index contributed by atoms with van der Waals surface area (Å²) in [7, 11) is 0. The van der Waals surface area contributed by atoms with E-state index in [0.717, 1.165) is 37.3 Å². The van der Waals surface area contributed by atoms with Gasteiger partial charge >= 0.3 is 0 Å². The van der Waals surface area contributed by atoms with Gasteiger partial charge in [-0.05, 0) is 59.2 Å². The van der Waals surface area contributed by atoms with E-state index in [1.807, 2.05) is 66.7 Å². The number of ether oxygens (including phenoxy) is 1. The van der Waals surface area contributed by atoms with Crippen molar-refractivity contribution in [2.75, 3.05) is 0 Å². The van der Waals surface area contributed by atoms with E-state index in [0.29, 0.717) is 29.1 Å². The average Bonchev–Trinajstić information content (AvgIpc) is 2.92. The SMILES string of the molecule is CC[C@@H](C)c1nc2ccc(Br)cc2c(=O)n1N=Cc1c(OCc2ccc(Br)cc2)ccc2ccccc12. The fraction of sp³-hybridized carbons (Fsp3) is 0.167. The second-order valence-electron chi connectivity index (χ2n) is 8.92. The predicted octanol–water partition coefficient (Wildman–Crippen LogP) is 8.05. The van der Waals surface area contributed by atoms with Crippen LogP contribution in [0.2, 0.25) is 0 Å². The monoisotopic (exact) mass is 617 g/mol. The van der Waals surface area contributed by atoms with Gasteiger partial charge in [-0.15, -0.1) is 0 Å². The molecule has 0 saturated carbocycles. The number of nitrogens with zero attached hydrogens (tertiary/aromatic N) is 3. The number of rotatable bonds is 7. The van der Waals surface area contributed by atoms with Gasteiger partial charge < -0.3 is 4.74 Å². The minimum absolute atomic E-state index is 0.0542. The molecule has 37 heavy (non-hydrogen) atoms. The van der Waals surface area contributed by atoms with Crippen LogP contribution >= 0.6 is 31.9 Å². The number of hydrogen-bond donors (Lipinski definition) is 0. The molecule has 0 aliphatic heterocycles. The van der Waals surface area contributed by atoms with Gasteiger partial charge in [0.25, 0.3) is 5.56 Å². The third-order valence-corrected chi connectivity index (χ3v) is 7.45. The maximum Gasteiger partial charge on any atom is 0.282 e. The quantitative estimate of drug-likeness (QED) is 0.173. The highest BCUT2D eigenvalue weighted by Crippen LogP contribution is 2.28. The summed E-state index contributed by atoms with van der Waals surface area (Å²) in [6.07, 6.45) is 2.55. The molecule has 1 heterocycles. The average molecular weight is 619 g/mol. The van der Waals surface area contributed by atoms with Gasteiger partial charge in [0.1, 0.15) is 18.2 Å². The Morgan fingerprint density at radius 2 is 1.73 bits per heavy atom. The first-order valence-corrected chi connectivity index (χ1v) is 13.7. The van der Waals surface area contributed by atoms with Crippen LogP contribution in [0.15, 0.2) is 97.7 Å². The Labute approximate surface area is 232 Å². The Kier molecular flexibility index (Phi) is 7.53. The van der Waals surface area contributed by atoms with Crippen molar-refractivity contribution >= 4 is 59.7 Å². The number of fused-ring (bicyclic) bond motifs is 2. The summed E-state index contributed by atoms with van der Waals surface area (Å²) in [6.45, 7) is 4.55. The summed E-state index contributed by atoms with van der Waals surface area (Å²) < 4.78 is 9.54. The maximum absolute atomic E-state index is 13.6. The van der Waals surface area contributed by atoms with E-state index >= 15 is 0 Å². The molecular formula is C30H25Br2N3O2. The Bertz CT molecular complexity index is 1680. The van der Waals surface area contributed by atoms with E-state index in [1.54, 1.807) is 12.3 Å². The van der Waals surface area contributed by atoms with Gasteiger partial charge in [0, 0.05) is 20.4 Å². The Hall–Kier alpha value is -3.29. The second kappa shape index (κ2) is 11.0. The highest BCUT2D eigenvalue weighted by Gasteiger charge is 2.16. The van der Waals surface area contributed by atoms with Crippen LogP contribution in [0, 0.1) is 0 Å². The summed E-state index contributed by atoms with van der Waals surface area (Å²) in [6, 6.07) is 25.7. The molecule has 7 heteroatoms. The third kappa shape index (κ3) is 5.38. The fourth-order valence-corrected chi connectivity index (χ4v) is 4.80. The van der Waals surface area contributed by atoms with Crippen molar-refractivity contribution in [3.05, 3.63) is 115 Å². The first-order chi connectivity index (χ1) is 17.9. The molecule has 5 aromatic rings. The lowest BCUT2D eigenvalue weighted by molar-refractivity contribution is 0.306. The summed E-state index contributed by atoms with van der Waals surface area (Å²) >= 11 is 6.95. The van der Waals surface area contributed by atoms with Gasteiger partial charge in [-0.1, -0.05) is 88.2 Å². The van der Waals surface area contributed by atoms with E-state index in [1.165, 1.54) is 4.68 Å². The van der Waals surface area contributed by atoms with Crippen LogP contribution in [0.4, 0.5) is 0 Å². The maximum atomic E-state index is 13.6. The molecule has 186 valence electrons. The third-order valence-electron chi connectivity index (χ3n) is 6.43. The minimum Gasteiger partial charge on any atom is -0.488 e. The van der Waals surface area contributed by atoms with Crippen molar-refractivity contribution in [3.63, 3.8) is 0 Å². The molecule has 0 radical (unpaired) electrons. The van der Waals surface area contributed by atoms with Crippen molar-refractivity contribution < 1.29 is 4.74 Å². The van der Waals surface area contributed by atoms with Gasteiger partial charge in [0.15, 0.2) is 0 Å². The standard InChI is InChI=1S/C30H25Br2N3O2/c1-3-19(2)29-34-27-14-13-23(32)16-25(27)30(36)35(29)33-17-26-24-7-5-4-6-21(24)10-15-28(26)37-18-20-8-11-22(31)12-9-20/h4-17,19H,3,18H2,1-2H3/t19-/m1/s1. The number of benzene rings is 4. The largest absolute Gasteiger partial charge is 0.488 e. The van der Waals surface area contributed by atoms with E-state index < -0.39 is 0 Å². The zero-order chi connectivity index (χ0) is 25.9. The summed E-state index contributed by atoms with van der Waals surface area (Å²) in [4.78, 5) is 18.4. The van der Waals surface area contributed by atoms with Crippen molar-refractivity contribution in [2.45, 2.75) is 32.8 Å². The lowest BCUT2D eigenvalue weighted by Gasteiger charge is -2.15. The molecule has 0 amide bonds. The fourth-order valence-electron chi connectivity index (χ4n) is 4.17. The molecule has 0 fully saturated rings. The Balaban J connectivity index is 1.63. The van der Waals surface area contributed by atoms with Gasteiger partial charge in [0.05, 0.1) is 17.1 Å². The lowest BCUT2D eigenvalue weighted by Crippen LogP contribution is -2.23. The van der Waals surface area contributed by atoms with Crippen LogP contribution in [0.1, 0.15) is 43.1 Å². The molecule has 0 bridgehead atoms. The molecule has 1 atom stereocenters. The first-order valence-electron chi connectivity index (χ1n) is 12.1. The number of halogens is 2. The van der Waals surface area contributed by atoms with Gasteiger partial charge in [-0.2, -0.15) is 9.78 Å². The molecule has 0 saturated heterocycles. The molecule has 0 aliphatic rings. The minimum atomic E-state index is -0.199. The van der Waals surface area contributed by atoms with Crippen LogP contribution in [-0.2, 0) is 6.61 Å². The molecule has 0 N–H and O–H groups in total. The van der Waals surface area contributed by atoms with E-state index in [-0.39, 0.29) is 11.5 Å². The summed E-state index contributed by atoms with van der Waals surface area (Å²) in [5.41, 5.74) is 2.33. The number of hydrogen-bond acceptors (Lipinski definition) is 4. The smallest absolute Gasteiger partial charge is 0.282 e. The van der Waals surface area contributed by atoms with Gasteiger partial charge in [-0.3, -0.25) is 4.79 Å². The van der Waals surface area contributed by atoms with Crippen LogP contribution in [0.5, 0.6) is 5.75 Å². The first kappa shape index (κ1) is 25.4. The number of aromatic nitrogens is 2. The topological polar surface area (TPSA) is 56.5 Å². The lowest BCUT2D eigenvalue weighted by atomic mass is 10.0.